The fraction of sp³-hybridized carbons (Fsp3) is 0.632. The van der Waals surface area contributed by atoms with E-state index in [9.17, 15) is 4.79 Å². The third-order valence-corrected chi connectivity index (χ3v) is 4.34. The number of unbranched alkanes of at least 4 members (excludes halogenated alkanes) is 2. The summed E-state index contributed by atoms with van der Waals surface area (Å²) in [7, 11) is 0. The van der Waals surface area contributed by atoms with E-state index in [0.29, 0.717) is 19.1 Å². The number of ether oxygens (including phenoxy) is 2. The molecule has 3 heteroatoms. The summed E-state index contributed by atoms with van der Waals surface area (Å²) >= 11 is 0. The van der Waals surface area contributed by atoms with Crippen molar-refractivity contribution in [3.05, 3.63) is 35.9 Å². The van der Waals surface area contributed by atoms with E-state index in [1.807, 2.05) is 6.92 Å². The molecule has 2 rings (SSSR count). The first-order chi connectivity index (χ1) is 10.7. The van der Waals surface area contributed by atoms with Gasteiger partial charge in [0.15, 0.2) is 5.60 Å². The van der Waals surface area contributed by atoms with Gasteiger partial charge in [0, 0.05) is 0 Å². The molecule has 0 N–H and O–H groups in total. The van der Waals surface area contributed by atoms with Crippen molar-refractivity contribution in [3.8, 4) is 0 Å². The molecule has 0 aromatic heterocycles. The second kappa shape index (κ2) is 8.33. The zero-order valence-corrected chi connectivity index (χ0v) is 13.8. The minimum atomic E-state index is -0.592. The van der Waals surface area contributed by atoms with Crippen LogP contribution in [0.4, 0.5) is 0 Å². The van der Waals surface area contributed by atoms with Gasteiger partial charge in [-0.2, -0.15) is 0 Å². The molecule has 0 saturated carbocycles. The predicted molar refractivity (Wildman–Crippen MR) is 87.7 cm³/mol. The van der Waals surface area contributed by atoms with Crippen molar-refractivity contribution in [1.29, 1.82) is 0 Å². The molecule has 0 amide bonds. The molecular formula is C19H28O3. The summed E-state index contributed by atoms with van der Waals surface area (Å²) in [6.07, 6.45) is 6.60. The summed E-state index contributed by atoms with van der Waals surface area (Å²) in [5.41, 5.74) is 0.828. The Morgan fingerprint density at radius 1 is 1.27 bits per heavy atom. The third kappa shape index (κ3) is 5.13. The Balaban J connectivity index is 1.57. The van der Waals surface area contributed by atoms with Crippen molar-refractivity contribution >= 4 is 5.97 Å². The summed E-state index contributed by atoms with van der Waals surface area (Å²) in [6, 6.07) is 10.7. The zero-order valence-electron chi connectivity index (χ0n) is 13.8. The summed E-state index contributed by atoms with van der Waals surface area (Å²) in [6.45, 7) is 5.12. The van der Waals surface area contributed by atoms with Crippen molar-refractivity contribution in [3.63, 3.8) is 0 Å². The number of esters is 1. The zero-order chi connectivity index (χ0) is 15.8. The van der Waals surface area contributed by atoms with Gasteiger partial charge in [0.25, 0.3) is 0 Å². The van der Waals surface area contributed by atoms with Crippen LogP contribution in [0.2, 0.25) is 0 Å². The SMILES string of the molecule is CCOC(=O)C1(CCCCCC(C)Cc2ccccc2)CO1. The first-order valence-corrected chi connectivity index (χ1v) is 8.51. The molecule has 3 nitrogen and oxygen atoms in total. The number of hydrogen-bond acceptors (Lipinski definition) is 3. The predicted octanol–water partition coefficient (Wildman–Crippen LogP) is 4.15. The lowest BCUT2D eigenvalue weighted by molar-refractivity contribution is -0.149. The smallest absolute Gasteiger partial charge is 0.340 e. The molecule has 0 aliphatic carbocycles. The van der Waals surface area contributed by atoms with Gasteiger partial charge in [-0.15, -0.1) is 0 Å². The Bertz CT molecular complexity index is 451. The van der Waals surface area contributed by atoms with Crippen LogP contribution >= 0.6 is 0 Å². The van der Waals surface area contributed by atoms with E-state index >= 15 is 0 Å². The summed E-state index contributed by atoms with van der Waals surface area (Å²) in [4.78, 5) is 11.8. The molecule has 2 atom stereocenters. The molecule has 1 heterocycles. The highest BCUT2D eigenvalue weighted by Crippen LogP contribution is 2.34. The van der Waals surface area contributed by atoms with Gasteiger partial charge < -0.3 is 9.47 Å². The molecule has 0 spiro atoms. The summed E-state index contributed by atoms with van der Waals surface area (Å²) in [5.74, 6) is 0.533. The van der Waals surface area contributed by atoms with Gasteiger partial charge in [-0.3, -0.25) is 0 Å². The van der Waals surface area contributed by atoms with Crippen molar-refractivity contribution in [2.45, 2.75) is 58.0 Å². The van der Waals surface area contributed by atoms with Gasteiger partial charge in [0.1, 0.15) is 0 Å². The van der Waals surface area contributed by atoms with Gasteiger partial charge in [-0.25, -0.2) is 4.79 Å². The summed E-state index contributed by atoms with van der Waals surface area (Å²) < 4.78 is 10.4. The second-order valence-corrected chi connectivity index (χ2v) is 6.40. The number of rotatable bonds is 10. The van der Waals surface area contributed by atoms with E-state index in [1.165, 1.54) is 18.4 Å². The standard InChI is InChI=1S/C19H28O3/c1-3-21-18(20)19(15-22-19)13-9-5-6-10-16(2)14-17-11-7-4-8-12-17/h4,7-8,11-12,16H,3,5-6,9-10,13-15H2,1-2H3. The van der Waals surface area contributed by atoms with E-state index in [2.05, 4.69) is 37.3 Å². The molecule has 1 aliphatic rings. The van der Waals surface area contributed by atoms with E-state index in [4.69, 9.17) is 9.47 Å². The third-order valence-electron chi connectivity index (χ3n) is 4.34. The minimum Gasteiger partial charge on any atom is -0.464 e. The van der Waals surface area contributed by atoms with Crippen LogP contribution in [0.1, 0.15) is 51.5 Å². The molecule has 1 fully saturated rings. The Hall–Kier alpha value is -1.35. The van der Waals surface area contributed by atoms with Gasteiger partial charge >= 0.3 is 5.97 Å². The van der Waals surface area contributed by atoms with Crippen molar-refractivity contribution in [1.82, 2.24) is 0 Å². The second-order valence-electron chi connectivity index (χ2n) is 6.40. The Morgan fingerprint density at radius 3 is 2.64 bits per heavy atom. The maximum Gasteiger partial charge on any atom is 0.340 e. The molecule has 122 valence electrons. The van der Waals surface area contributed by atoms with E-state index in [-0.39, 0.29) is 5.97 Å². The number of carbonyl (C=O) groups excluding carboxylic acids is 1. The largest absolute Gasteiger partial charge is 0.464 e. The highest BCUT2D eigenvalue weighted by atomic mass is 16.6. The Morgan fingerprint density at radius 2 is 2.00 bits per heavy atom. The molecule has 1 aliphatic heterocycles. The summed E-state index contributed by atoms with van der Waals surface area (Å²) in [5, 5.41) is 0. The van der Waals surface area contributed by atoms with E-state index in [1.54, 1.807) is 0 Å². The lowest BCUT2D eigenvalue weighted by Crippen LogP contribution is -2.27. The van der Waals surface area contributed by atoms with Crippen LogP contribution in [0, 0.1) is 5.92 Å². The molecule has 1 aromatic rings. The van der Waals surface area contributed by atoms with Crippen LogP contribution in [-0.2, 0) is 20.7 Å². The molecule has 1 saturated heterocycles. The average molecular weight is 304 g/mol. The lowest BCUT2D eigenvalue weighted by Gasteiger charge is -2.12. The van der Waals surface area contributed by atoms with Crippen LogP contribution in [0.15, 0.2) is 30.3 Å². The topological polar surface area (TPSA) is 38.8 Å². The maximum absolute atomic E-state index is 11.8. The van der Waals surface area contributed by atoms with Crippen molar-refractivity contribution in [2.24, 2.45) is 5.92 Å². The van der Waals surface area contributed by atoms with Gasteiger partial charge in [-0.05, 0) is 37.7 Å². The van der Waals surface area contributed by atoms with Crippen molar-refractivity contribution < 1.29 is 14.3 Å². The van der Waals surface area contributed by atoms with Crippen LogP contribution in [-0.4, -0.2) is 24.8 Å². The molecular weight excluding hydrogens is 276 g/mol. The maximum atomic E-state index is 11.8. The fourth-order valence-electron chi connectivity index (χ4n) is 2.91. The van der Waals surface area contributed by atoms with Crippen LogP contribution in [0.5, 0.6) is 0 Å². The van der Waals surface area contributed by atoms with Gasteiger partial charge in [0.05, 0.1) is 13.2 Å². The number of benzene rings is 1. The fourth-order valence-corrected chi connectivity index (χ4v) is 2.91. The van der Waals surface area contributed by atoms with Crippen LogP contribution in [0.25, 0.3) is 0 Å². The monoisotopic (exact) mass is 304 g/mol. The highest BCUT2D eigenvalue weighted by molar-refractivity contribution is 5.82. The number of epoxide rings is 1. The first kappa shape index (κ1) is 17.0. The van der Waals surface area contributed by atoms with Crippen molar-refractivity contribution in [2.75, 3.05) is 13.2 Å². The van der Waals surface area contributed by atoms with Gasteiger partial charge in [0.2, 0.25) is 0 Å². The highest BCUT2D eigenvalue weighted by Gasteiger charge is 2.52. The average Bonchev–Trinajstić information content (AvgIpc) is 3.29. The van der Waals surface area contributed by atoms with E-state index < -0.39 is 5.60 Å². The molecule has 0 radical (unpaired) electrons. The lowest BCUT2D eigenvalue weighted by atomic mass is 9.94. The molecule has 1 aromatic carbocycles. The quantitative estimate of drug-likeness (QED) is 0.370. The Labute approximate surface area is 134 Å². The Kier molecular flexibility index (Phi) is 6.44. The van der Waals surface area contributed by atoms with Crippen LogP contribution < -0.4 is 0 Å². The minimum absolute atomic E-state index is 0.174. The normalized spacial score (nSPS) is 21.4. The van der Waals surface area contributed by atoms with E-state index in [0.717, 1.165) is 25.7 Å². The first-order valence-electron chi connectivity index (χ1n) is 8.51. The number of carbonyl (C=O) groups is 1. The van der Waals surface area contributed by atoms with Crippen LogP contribution in [0.3, 0.4) is 0 Å². The molecule has 22 heavy (non-hydrogen) atoms. The van der Waals surface area contributed by atoms with Gasteiger partial charge in [-0.1, -0.05) is 56.5 Å². The number of hydrogen-bond donors (Lipinski definition) is 0. The molecule has 2 unspecified atom stereocenters. The molecule has 0 bridgehead atoms.